The van der Waals surface area contributed by atoms with Gasteiger partial charge in [0.1, 0.15) is 10.5 Å². The van der Waals surface area contributed by atoms with Crippen molar-refractivity contribution in [2.24, 2.45) is 7.05 Å². The van der Waals surface area contributed by atoms with Gasteiger partial charge in [-0.05, 0) is 20.2 Å². The number of likely N-dealkylation sites (N-methyl/N-ethyl adjacent to an activating group) is 1. The number of aromatic nitrogens is 3. The fourth-order valence-corrected chi connectivity index (χ4v) is 2.84. The van der Waals surface area contributed by atoms with Crippen molar-refractivity contribution >= 4 is 21.1 Å². The van der Waals surface area contributed by atoms with Crippen molar-refractivity contribution in [3.05, 3.63) is 33.1 Å². The van der Waals surface area contributed by atoms with Crippen LogP contribution >= 0.6 is 0 Å². The second-order valence-electron chi connectivity index (χ2n) is 5.06. The number of rotatable bonds is 5. The molecule has 0 unspecified atom stereocenters. The SMILES string of the molecule is CN(C)CCNS(=O)(=O)c1cnc2c(c1)c(=O)[nH]c(=O)n2C. The largest absolute Gasteiger partial charge is 0.329 e. The van der Waals surface area contributed by atoms with Gasteiger partial charge in [-0.3, -0.25) is 14.3 Å². The molecule has 120 valence electrons. The molecule has 0 saturated heterocycles. The first-order valence-electron chi connectivity index (χ1n) is 6.46. The molecule has 0 amide bonds. The average Bonchev–Trinajstić information content (AvgIpc) is 2.43. The Morgan fingerprint density at radius 1 is 1.36 bits per heavy atom. The van der Waals surface area contributed by atoms with Gasteiger partial charge >= 0.3 is 5.69 Å². The maximum atomic E-state index is 12.2. The predicted octanol–water partition coefficient (Wildman–Crippen LogP) is -1.54. The molecule has 0 aliphatic rings. The summed E-state index contributed by atoms with van der Waals surface area (Å²) >= 11 is 0. The maximum absolute atomic E-state index is 12.2. The highest BCUT2D eigenvalue weighted by atomic mass is 32.2. The van der Waals surface area contributed by atoms with Gasteiger partial charge in [0.2, 0.25) is 10.0 Å². The lowest BCUT2D eigenvalue weighted by atomic mass is 10.3. The van der Waals surface area contributed by atoms with Gasteiger partial charge < -0.3 is 4.90 Å². The van der Waals surface area contributed by atoms with Crippen LogP contribution in [0.4, 0.5) is 0 Å². The van der Waals surface area contributed by atoms with E-state index in [1.807, 2.05) is 19.0 Å². The van der Waals surface area contributed by atoms with Gasteiger partial charge in [-0.1, -0.05) is 0 Å². The van der Waals surface area contributed by atoms with E-state index in [-0.39, 0.29) is 22.5 Å². The van der Waals surface area contributed by atoms with Crippen molar-refractivity contribution in [2.75, 3.05) is 27.2 Å². The molecule has 2 heterocycles. The van der Waals surface area contributed by atoms with Gasteiger partial charge in [0.05, 0.1) is 5.39 Å². The Morgan fingerprint density at radius 3 is 2.68 bits per heavy atom. The number of H-pyrrole nitrogens is 1. The number of nitrogens with one attached hydrogen (secondary N) is 2. The number of pyridine rings is 1. The monoisotopic (exact) mass is 327 g/mol. The zero-order chi connectivity index (χ0) is 16.5. The maximum Gasteiger partial charge on any atom is 0.329 e. The Hall–Kier alpha value is -2.04. The lowest BCUT2D eigenvalue weighted by Gasteiger charge is -2.11. The van der Waals surface area contributed by atoms with Crippen LogP contribution < -0.4 is 16.0 Å². The highest BCUT2D eigenvalue weighted by molar-refractivity contribution is 7.89. The number of aryl methyl sites for hydroxylation is 1. The van der Waals surface area contributed by atoms with E-state index in [9.17, 15) is 18.0 Å². The van der Waals surface area contributed by atoms with Crippen LogP contribution in [0.1, 0.15) is 0 Å². The molecule has 10 heteroatoms. The quantitative estimate of drug-likeness (QED) is 0.687. The molecule has 2 aromatic rings. The van der Waals surface area contributed by atoms with E-state index in [4.69, 9.17) is 0 Å². The summed E-state index contributed by atoms with van der Waals surface area (Å²) in [6, 6.07) is 1.21. The first-order chi connectivity index (χ1) is 10.2. The fraction of sp³-hybridized carbons (Fsp3) is 0.417. The Kier molecular flexibility index (Phi) is 4.44. The van der Waals surface area contributed by atoms with Gasteiger partial charge in [-0.15, -0.1) is 0 Å². The molecule has 22 heavy (non-hydrogen) atoms. The molecule has 0 fully saturated rings. The van der Waals surface area contributed by atoms with Crippen LogP contribution in [0.5, 0.6) is 0 Å². The van der Waals surface area contributed by atoms with Crippen LogP contribution in [0.15, 0.2) is 26.7 Å². The van der Waals surface area contributed by atoms with Crippen LogP contribution in [-0.4, -0.2) is 55.0 Å². The minimum absolute atomic E-state index is 0.0394. The number of hydrogen-bond donors (Lipinski definition) is 2. The summed E-state index contributed by atoms with van der Waals surface area (Å²) in [5.41, 5.74) is -1.15. The molecule has 2 N–H and O–H groups in total. The van der Waals surface area contributed by atoms with Crippen molar-refractivity contribution in [3.8, 4) is 0 Å². The summed E-state index contributed by atoms with van der Waals surface area (Å²) in [7, 11) is 1.33. The highest BCUT2D eigenvalue weighted by Gasteiger charge is 2.16. The zero-order valence-corrected chi connectivity index (χ0v) is 13.3. The predicted molar refractivity (Wildman–Crippen MR) is 81.3 cm³/mol. The Morgan fingerprint density at radius 2 is 2.05 bits per heavy atom. The summed E-state index contributed by atoms with van der Waals surface area (Å²) in [6.45, 7) is 0.770. The summed E-state index contributed by atoms with van der Waals surface area (Å²) in [4.78, 5) is 31.0. The van der Waals surface area contributed by atoms with Gasteiger partial charge in [-0.2, -0.15) is 0 Å². The molecule has 0 radical (unpaired) electrons. The van der Waals surface area contributed by atoms with Crippen LogP contribution in [0.25, 0.3) is 11.0 Å². The summed E-state index contributed by atoms with van der Waals surface area (Å²) in [5.74, 6) is 0. The smallest absolute Gasteiger partial charge is 0.308 e. The average molecular weight is 327 g/mol. The fourth-order valence-electron chi connectivity index (χ4n) is 1.85. The first kappa shape index (κ1) is 16.3. The molecule has 2 aromatic heterocycles. The second-order valence-corrected chi connectivity index (χ2v) is 6.83. The van der Waals surface area contributed by atoms with Crippen LogP contribution in [0.3, 0.4) is 0 Å². The van der Waals surface area contributed by atoms with Crippen molar-refractivity contribution < 1.29 is 8.42 Å². The number of sulfonamides is 1. The van der Waals surface area contributed by atoms with Gasteiger partial charge in [-0.25, -0.2) is 22.9 Å². The Labute approximate surface area is 126 Å². The molecule has 0 atom stereocenters. The molecule has 0 aliphatic heterocycles. The minimum atomic E-state index is -3.77. The van der Waals surface area contributed by atoms with Crippen LogP contribution in [0, 0.1) is 0 Å². The standard InChI is InChI=1S/C12H17N5O4S/c1-16(2)5-4-14-22(20,21)8-6-9-10(13-7-8)17(3)12(19)15-11(9)18/h6-7,14H,4-5H2,1-3H3,(H,15,18,19). The van der Waals surface area contributed by atoms with E-state index >= 15 is 0 Å². The highest BCUT2D eigenvalue weighted by Crippen LogP contribution is 2.11. The van der Waals surface area contributed by atoms with E-state index in [0.29, 0.717) is 6.54 Å². The van der Waals surface area contributed by atoms with Crippen LogP contribution in [-0.2, 0) is 17.1 Å². The normalized spacial score (nSPS) is 12.2. The molecular weight excluding hydrogens is 310 g/mol. The minimum Gasteiger partial charge on any atom is -0.308 e. The number of hydrogen-bond acceptors (Lipinski definition) is 6. The molecule has 0 aromatic carbocycles. The first-order valence-corrected chi connectivity index (χ1v) is 7.94. The molecule has 9 nitrogen and oxygen atoms in total. The third-order valence-corrected chi connectivity index (χ3v) is 4.52. The molecule has 0 aliphatic carbocycles. The van der Waals surface area contributed by atoms with Crippen molar-refractivity contribution in [2.45, 2.75) is 4.90 Å². The summed E-state index contributed by atoms with van der Waals surface area (Å²) in [6.07, 6.45) is 1.12. The van der Waals surface area contributed by atoms with E-state index in [2.05, 4.69) is 14.7 Å². The second kappa shape index (κ2) is 5.99. The van der Waals surface area contributed by atoms with E-state index in [1.165, 1.54) is 13.1 Å². The van der Waals surface area contributed by atoms with E-state index < -0.39 is 21.3 Å². The lowest BCUT2D eigenvalue weighted by molar-refractivity contribution is 0.412. The zero-order valence-electron chi connectivity index (χ0n) is 12.5. The van der Waals surface area contributed by atoms with Gasteiger partial charge in [0.15, 0.2) is 0 Å². The van der Waals surface area contributed by atoms with Crippen molar-refractivity contribution in [1.29, 1.82) is 0 Å². The molecule has 0 spiro atoms. The number of fused-ring (bicyclic) bond motifs is 1. The third-order valence-electron chi connectivity index (χ3n) is 3.09. The lowest BCUT2D eigenvalue weighted by Crippen LogP contribution is -2.32. The number of aromatic amines is 1. The van der Waals surface area contributed by atoms with Crippen LogP contribution in [0.2, 0.25) is 0 Å². The van der Waals surface area contributed by atoms with Crippen molar-refractivity contribution in [3.63, 3.8) is 0 Å². The van der Waals surface area contributed by atoms with Crippen molar-refractivity contribution in [1.82, 2.24) is 24.2 Å². The Balaban J connectivity index is 2.46. The molecular formula is C12H17N5O4S. The van der Waals surface area contributed by atoms with Gasteiger partial charge in [0.25, 0.3) is 5.56 Å². The van der Waals surface area contributed by atoms with E-state index in [1.54, 1.807) is 0 Å². The third kappa shape index (κ3) is 3.24. The molecule has 0 bridgehead atoms. The van der Waals surface area contributed by atoms with E-state index in [0.717, 1.165) is 10.8 Å². The molecule has 0 saturated carbocycles. The Bertz CT molecular complexity index is 913. The summed E-state index contributed by atoms with van der Waals surface area (Å²) < 4.78 is 27.9. The molecule has 2 rings (SSSR count). The topological polar surface area (TPSA) is 117 Å². The summed E-state index contributed by atoms with van der Waals surface area (Å²) in [5, 5.41) is 0.0394. The van der Waals surface area contributed by atoms with Gasteiger partial charge in [0, 0.05) is 26.3 Å². The number of nitrogens with zero attached hydrogens (tertiary/aromatic N) is 3.